The fourth-order valence-electron chi connectivity index (χ4n) is 3.06. The van der Waals surface area contributed by atoms with Gasteiger partial charge in [0, 0.05) is 17.0 Å². The highest BCUT2D eigenvalue weighted by Gasteiger charge is 2.23. The number of carbonyl (C=O) groups is 2. The first-order chi connectivity index (χ1) is 12.1. The van der Waals surface area contributed by atoms with Crippen LogP contribution in [0.2, 0.25) is 0 Å². The van der Waals surface area contributed by atoms with Crippen molar-refractivity contribution in [2.45, 2.75) is 38.6 Å². The molecule has 0 aliphatic heterocycles. The highest BCUT2D eigenvalue weighted by atomic mass is 32.1. The van der Waals surface area contributed by atoms with Gasteiger partial charge >= 0.3 is 5.97 Å². The Morgan fingerprint density at radius 3 is 2.76 bits per heavy atom. The van der Waals surface area contributed by atoms with Crippen LogP contribution in [0.5, 0.6) is 0 Å². The maximum Gasteiger partial charge on any atom is 0.358 e. The number of carbonyl (C=O) groups excluding carboxylic acids is 2. The summed E-state index contributed by atoms with van der Waals surface area (Å²) >= 11 is 1.38. The largest absolute Gasteiger partial charge is 0.451 e. The van der Waals surface area contributed by atoms with Crippen LogP contribution in [0.3, 0.4) is 0 Å². The van der Waals surface area contributed by atoms with Crippen molar-refractivity contribution in [3.05, 3.63) is 41.4 Å². The number of rotatable bonds is 5. The Balaban J connectivity index is 1.51. The lowest BCUT2D eigenvalue weighted by molar-refractivity contribution is -0.125. The number of thiazole rings is 1. The van der Waals surface area contributed by atoms with E-state index in [9.17, 15) is 9.59 Å². The lowest BCUT2D eigenvalue weighted by Gasteiger charge is -2.29. The average Bonchev–Trinajstić information content (AvgIpc) is 3.13. The number of aromatic nitrogens is 1. The monoisotopic (exact) mass is 358 g/mol. The predicted molar refractivity (Wildman–Crippen MR) is 97.4 cm³/mol. The van der Waals surface area contributed by atoms with Crippen LogP contribution in [0.25, 0.3) is 10.6 Å². The van der Waals surface area contributed by atoms with Crippen LogP contribution >= 0.6 is 11.3 Å². The van der Waals surface area contributed by atoms with Crippen molar-refractivity contribution in [3.8, 4) is 10.6 Å². The second-order valence-corrected chi connectivity index (χ2v) is 7.27. The van der Waals surface area contributed by atoms with Crippen molar-refractivity contribution in [3.63, 3.8) is 0 Å². The average molecular weight is 358 g/mol. The fraction of sp³-hybridized carbons (Fsp3) is 0.421. The second kappa shape index (κ2) is 8.25. The molecule has 0 saturated heterocycles. The zero-order valence-corrected chi connectivity index (χ0v) is 15.1. The summed E-state index contributed by atoms with van der Waals surface area (Å²) in [4.78, 5) is 28.4. The van der Waals surface area contributed by atoms with Gasteiger partial charge in [-0.05, 0) is 18.8 Å². The third-order valence-electron chi connectivity index (χ3n) is 4.53. The minimum absolute atomic E-state index is 0.184. The molecule has 25 heavy (non-hydrogen) atoms. The molecule has 0 spiro atoms. The van der Waals surface area contributed by atoms with Crippen molar-refractivity contribution in [2.24, 2.45) is 5.92 Å². The molecule has 132 valence electrons. The summed E-state index contributed by atoms with van der Waals surface area (Å²) in [5, 5.41) is 5.39. The molecule has 0 radical (unpaired) electrons. The van der Waals surface area contributed by atoms with Gasteiger partial charge in [-0.1, -0.05) is 50.1 Å². The van der Waals surface area contributed by atoms with E-state index in [0.717, 1.165) is 29.8 Å². The Labute approximate surface area is 151 Å². The van der Waals surface area contributed by atoms with Gasteiger partial charge in [-0.2, -0.15) is 0 Å². The predicted octanol–water partition coefficient (Wildman–Crippen LogP) is 3.66. The van der Waals surface area contributed by atoms with E-state index in [4.69, 9.17) is 4.74 Å². The Hall–Kier alpha value is -2.21. The molecule has 1 aliphatic rings. The van der Waals surface area contributed by atoms with E-state index in [-0.39, 0.29) is 24.2 Å². The fourth-order valence-corrected chi connectivity index (χ4v) is 3.86. The summed E-state index contributed by atoms with van der Waals surface area (Å²) in [6.07, 6.45) is 4.48. The Morgan fingerprint density at radius 2 is 2.00 bits per heavy atom. The molecule has 2 atom stereocenters. The molecule has 1 heterocycles. The highest BCUT2D eigenvalue weighted by molar-refractivity contribution is 7.13. The summed E-state index contributed by atoms with van der Waals surface area (Å²) < 4.78 is 5.11. The Morgan fingerprint density at radius 1 is 1.24 bits per heavy atom. The third kappa shape index (κ3) is 4.66. The Bertz CT molecular complexity index is 729. The first-order valence-electron chi connectivity index (χ1n) is 8.61. The van der Waals surface area contributed by atoms with E-state index in [1.165, 1.54) is 17.8 Å². The molecule has 0 unspecified atom stereocenters. The number of amides is 1. The van der Waals surface area contributed by atoms with E-state index in [1.54, 1.807) is 5.38 Å². The van der Waals surface area contributed by atoms with Gasteiger partial charge in [0.05, 0.1) is 0 Å². The summed E-state index contributed by atoms with van der Waals surface area (Å²) in [7, 11) is 0. The van der Waals surface area contributed by atoms with Crippen LogP contribution in [0, 0.1) is 5.92 Å². The minimum Gasteiger partial charge on any atom is -0.451 e. The minimum atomic E-state index is -0.565. The summed E-state index contributed by atoms with van der Waals surface area (Å²) in [6.45, 7) is 1.89. The van der Waals surface area contributed by atoms with E-state index < -0.39 is 5.97 Å². The maximum absolute atomic E-state index is 12.1. The van der Waals surface area contributed by atoms with Gasteiger partial charge < -0.3 is 10.1 Å². The van der Waals surface area contributed by atoms with Crippen LogP contribution in [-0.2, 0) is 9.53 Å². The van der Waals surface area contributed by atoms with Gasteiger partial charge in [0.2, 0.25) is 0 Å². The maximum atomic E-state index is 12.1. The molecule has 5 nitrogen and oxygen atoms in total. The van der Waals surface area contributed by atoms with Gasteiger partial charge in [-0.3, -0.25) is 4.79 Å². The second-order valence-electron chi connectivity index (χ2n) is 6.42. The first kappa shape index (κ1) is 17.6. The lowest BCUT2D eigenvalue weighted by Crippen LogP contribution is -2.42. The number of ether oxygens (including phenoxy) is 1. The zero-order valence-electron chi connectivity index (χ0n) is 14.2. The van der Waals surface area contributed by atoms with Gasteiger partial charge in [0.15, 0.2) is 12.3 Å². The van der Waals surface area contributed by atoms with Crippen LogP contribution < -0.4 is 5.32 Å². The zero-order chi connectivity index (χ0) is 17.6. The van der Waals surface area contributed by atoms with E-state index >= 15 is 0 Å². The van der Waals surface area contributed by atoms with Gasteiger partial charge in [-0.25, -0.2) is 9.78 Å². The number of esters is 1. The van der Waals surface area contributed by atoms with Crippen LogP contribution in [0.15, 0.2) is 35.7 Å². The quantitative estimate of drug-likeness (QED) is 0.828. The van der Waals surface area contributed by atoms with E-state index in [0.29, 0.717) is 5.92 Å². The van der Waals surface area contributed by atoms with Gasteiger partial charge in [-0.15, -0.1) is 11.3 Å². The Kier molecular flexibility index (Phi) is 5.81. The normalized spacial score (nSPS) is 20.0. The van der Waals surface area contributed by atoms with Gasteiger partial charge in [0.1, 0.15) is 5.01 Å². The molecular weight excluding hydrogens is 336 g/mol. The SMILES string of the molecule is C[C@@H]1CCCC[C@H]1NC(=O)COC(=O)c1csc(-c2ccccc2)n1. The molecule has 6 heteroatoms. The molecule has 1 amide bonds. The van der Waals surface area contributed by atoms with Crippen LogP contribution in [-0.4, -0.2) is 29.5 Å². The molecule has 1 aromatic carbocycles. The number of benzene rings is 1. The molecular formula is C19H22N2O3S. The summed E-state index contributed by atoms with van der Waals surface area (Å²) in [6, 6.07) is 9.83. The van der Waals surface area contributed by atoms with E-state index in [1.807, 2.05) is 30.3 Å². The van der Waals surface area contributed by atoms with Crippen molar-refractivity contribution in [1.29, 1.82) is 0 Å². The number of nitrogens with one attached hydrogen (secondary N) is 1. The van der Waals surface area contributed by atoms with Crippen molar-refractivity contribution >= 4 is 23.2 Å². The van der Waals surface area contributed by atoms with Crippen molar-refractivity contribution < 1.29 is 14.3 Å². The number of nitrogens with zero attached hydrogens (tertiary/aromatic N) is 1. The molecule has 2 aromatic rings. The summed E-state index contributed by atoms with van der Waals surface area (Å²) in [5.41, 5.74) is 1.19. The van der Waals surface area contributed by atoms with E-state index in [2.05, 4.69) is 17.2 Å². The van der Waals surface area contributed by atoms with Gasteiger partial charge in [0.25, 0.3) is 5.91 Å². The van der Waals surface area contributed by atoms with Crippen molar-refractivity contribution in [2.75, 3.05) is 6.61 Å². The molecule has 1 N–H and O–H groups in total. The molecule has 1 aliphatic carbocycles. The number of hydrogen-bond acceptors (Lipinski definition) is 5. The third-order valence-corrected chi connectivity index (χ3v) is 5.42. The molecule has 1 aromatic heterocycles. The standard InChI is InChI=1S/C19H22N2O3S/c1-13-7-5-6-10-15(13)20-17(22)11-24-19(23)16-12-25-18(21-16)14-8-3-2-4-9-14/h2-4,8-9,12-13,15H,5-7,10-11H2,1H3,(H,20,22)/t13-,15-/m1/s1. The highest BCUT2D eigenvalue weighted by Crippen LogP contribution is 2.24. The smallest absolute Gasteiger partial charge is 0.358 e. The molecule has 1 fully saturated rings. The molecule has 1 saturated carbocycles. The number of hydrogen-bond donors (Lipinski definition) is 1. The summed E-state index contributed by atoms with van der Waals surface area (Å²) in [5.74, 6) is -0.337. The molecule has 3 rings (SSSR count). The topological polar surface area (TPSA) is 68.3 Å². The first-order valence-corrected chi connectivity index (χ1v) is 9.49. The lowest BCUT2D eigenvalue weighted by atomic mass is 9.86. The molecule has 0 bridgehead atoms. The van der Waals surface area contributed by atoms with Crippen LogP contribution in [0.1, 0.15) is 43.1 Å². The van der Waals surface area contributed by atoms with Crippen LogP contribution in [0.4, 0.5) is 0 Å². The van der Waals surface area contributed by atoms with Crippen molar-refractivity contribution in [1.82, 2.24) is 10.3 Å².